The molecule has 1 aromatic rings. The second kappa shape index (κ2) is 3.81. The fourth-order valence-corrected chi connectivity index (χ4v) is 1.86. The lowest BCUT2D eigenvalue weighted by atomic mass is 10.3. The van der Waals surface area contributed by atoms with E-state index in [1.165, 1.54) is 10.6 Å². The zero-order chi connectivity index (χ0) is 8.27. The normalized spacial score (nSPS) is 10.5. The molecule has 11 heavy (non-hydrogen) atoms. The van der Waals surface area contributed by atoms with E-state index in [0.717, 1.165) is 12.2 Å². The Morgan fingerprint density at radius 2 is 2.27 bits per heavy atom. The number of hydrogen-bond donors (Lipinski definition) is 0. The molecule has 1 rings (SSSR count). The van der Waals surface area contributed by atoms with Gasteiger partial charge in [0, 0.05) is 18.8 Å². The number of rotatable bonds is 3. The molecule has 62 valence electrons. The van der Waals surface area contributed by atoms with E-state index < -0.39 is 0 Å². The van der Waals surface area contributed by atoms with Gasteiger partial charge in [-0.3, -0.25) is 4.68 Å². The molecule has 0 fully saturated rings. The molecule has 0 aromatic carbocycles. The van der Waals surface area contributed by atoms with Gasteiger partial charge in [-0.05, 0) is 12.2 Å². The van der Waals surface area contributed by atoms with Gasteiger partial charge in [-0.2, -0.15) is 5.10 Å². The monoisotopic (exact) mass is 170 g/mol. The lowest BCUT2D eigenvalue weighted by Gasteiger charge is -1.93. The number of thioether (sulfide) groups is 1. The van der Waals surface area contributed by atoms with Gasteiger partial charge in [0.25, 0.3) is 0 Å². The van der Waals surface area contributed by atoms with Gasteiger partial charge in [0.1, 0.15) is 5.03 Å². The van der Waals surface area contributed by atoms with E-state index in [9.17, 15) is 0 Å². The van der Waals surface area contributed by atoms with Crippen LogP contribution >= 0.6 is 11.8 Å². The van der Waals surface area contributed by atoms with E-state index in [1.807, 2.05) is 23.5 Å². The zero-order valence-corrected chi connectivity index (χ0v) is 8.11. The van der Waals surface area contributed by atoms with Gasteiger partial charge < -0.3 is 0 Å². The summed E-state index contributed by atoms with van der Waals surface area (Å²) in [6, 6.07) is 0. The van der Waals surface area contributed by atoms with Crippen LogP contribution in [-0.4, -0.2) is 15.5 Å². The predicted molar refractivity (Wildman–Crippen MR) is 49.0 cm³/mol. The van der Waals surface area contributed by atoms with Gasteiger partial charge in [-0.15, -0.1) is 11.8 Å². The average Bonchev–Trinajstić information content (AvgIpc) is 2.32. The third-order valence-corrected chi connectivity index (χ3v) is 2.43. The minimum Gasteiger partial charge on any atom is -0.274 e. The van der Waals surface area contributed by atoms with Crippen LogP contribution in [-0.2, 0) is 13.5 Å². The van der Waals surface area contributed by atoms with Gasteiger partial charge >= 0.3 is 0 Å². The third kappa shape index (κ3) is 1.99. The van der Waals surface area contributed by atoms with Gasteiger partial charge in [-0.25, -0.2) is 0 Å². The Morgan fingerprint density at radius 1 is 1.55 bits per heavy atom. The topological polar surface area (TPSA) is 17.8 Å². The van der Waals surface area contributed by atoms with E-state index in [0.29, 0.717) is 0 Å². The molecule has 0 aliphatic rings. The highest BCUT2D eigenvalue weighted by Crippen LogP contribution is 2.20. The molecule has 0 aliphatic carbocycles. The molecule has 0 N–H and O–H groups in total. The minimum absolute atomic E-state index is 1.08. The maximum atomic E-state index is 4.35. The molecule has 0 spiro atoms. The van der Waals surface area contributed by atoms with E-state index >= 15 is 0 Å². The number of nitrogens with zero attached hydrogens (tertiary/aromatic N) is 2. The van der Waals surface area contributed by atoms with E-state index in [2.05, 4.69) is 25.1 Å². The zero-order valence-electron chi connectivity index (χ0n) is 7.29. The van der Waals surface area contributed by atoms with Crippen molar-refractivity contribution in [2.24, 2.45) is 7.05 Å². The minimum atomic E-state index is 1.08. The SMILES string of the molecule is CCSc1nn(C)cc1CC. The van der Waals surface area contributed by atoms with Crippen molar-refractivity contribution in [3.05, 3.63) is 11.8 Å². The van der Waals surface area contributed by atoms with Gasteiger partial charge in [-0.1, -0.05) is 13.8 Å². The highest BCUT2D eigenvalue weighted by molar-refractivity contribution is 7.99. The molecule has 2 nitrogen and oxygen atoms in total. The van der Waals surface area contributed by atoms with Crippen LogP contribution in [0, 0.1) is 0 Å². The Hall–Kier alpha value is -0.440. The van der Waals surface area contributed by atoms with Crippen LogP contribution in [0.4, 0.5) is 0 Å². The van der Waals surface area contributed by atoms with Crippen molar-refractivity contribution in [3.63, 3.8) is 0 Å². The van der Waals surface area contributed by atoms with Crippen LogP contribution in [0.2, 0.25) is 0 Å². The standard InChI is InChI=1S/C8H14N2S/c1-4-7-6-10(3)9-8(7)11-5-2/h6H,4-5H2,1-3H3. The summed E-state index contributed by atoms with van der Waals surface area (Å²) < 4.78 is 1.89. The Balaban J connectivity index is 2.83. The van der Waals surface area contributed by atoms with Crippen molar-refractivity contribution in [1.82, 2.24) is 9.78 Å². The van der Waals surface area contributed by atoms with E-state index in [1.54, 1.807) is 0 Å². The summed E-state index contributed by atoms with van der Waals surface area (Å²) in [5, 5.41) is 5.54. The highest BCUT2D eigenvalue weighted by atomic mass is 32.2. The van der Waals surface area contributed by atoms with Crippen molar-refractivity contribution in [3.8, 4) is 0 Å². The molecular formula is C8H14N2S. The second-order valence-electron chi connectivity index (χ2n) is 2.42. The summed E-state index contributed by atoms with van der Waals surface area (Å²) in [5.41, 5.74) is 1.36. The Kier molecular flexibility index (Phi) is 3.00. The fourth-order valence-electron chi connectivity index (χ4n) is 1.02. The lowest BCUT2D eigenvalue weighted by molar-refractivity contribution is 0.738. The molecule has 0 radical (unpaired) electrons. The number of aryl methyl sites for hydroxylation is 2. The largest absolute Gasteiger partial charge is 0.274 e. The van der Waals surface area contributed by atoms with Crippen molar-refractivity contribution in [2.45, 2.75) is 25.3 Å². The highest BCUT2D eigenvalue weighted by Gasteiger charge is 2.03. The van der Waals surface area contributed by atoms with Crippen molar-refractivity contribution in [1.29, 1.82) is 0 Å². The van der Waals surface area contributed by atoms with Crippen LogP contribution in [0.15, 0.2) is 11.2 Å². The molecule has 1 aromatic heterocycles. The quantitative estimate of drug-likeness (QED) is 0.646. The summed E-state index contributed by atoms with van der Waals surface area (Å²) in [6.07, 6.45) is 3.17. The second-order valence-corrected chi connectivity index (χ2v) is 3.67. The lowest BCUT2D eigenvalue weighted by Crippen LogP contribution is -1.86. The fraction of sp³-hybridized carbons (Fsp3) is 0.625. The molecule has 0 bridgehead atoms. The van der Waals surface area contributed by atoms with Gasteiger partial charge in [0.2, 0.25) is 0 Å². The van der Waals surface area contributed by atoms with Gasteiger partial charge in [0.15, 0.2) is 0 Å². The first-order valence-electron chi connectivity index (χ1n) is 3.93. The Bertz CT molecular complexity index is 230. The average molecular weight is 170 g/mol. The molecule has 0 atom stereocenters. The van der Waals surface area contributed by atoms with Crippen LogP contribution in [0.5, 0.6) is 0 Å². The summed E-state index contributed by atoms with van der Waals surface area (Å²) in [6.45, 7) is 4.31. The van der Waals surface area contributed by atoms with Gasteiger partial charge in [0.05, 0.1) is 0 Å². The Labute approximate surface area is 72.0 Å². The maximum Gasteiger partial charge on any atom is 0.121 e. The van der Waals surface area contributed by atoms with Crippen molar-refractivity contribution in [2.75, 3.05) is 5.75 Å². The molecule has 0 saturated heterocycles. The van der Waals surface area contributed by atoms with E-state index in [4.69, 9.17) is 0 Å². The maximum absolute atomic E-state index is 4.35. The van der Waals surface area contributed by atoms with Crippen LogP contribution in [0.25, 0.3) is 0 Å². The molecule has 3 heteroatoms. The first kappa shape index (κ1) is 8.65. The summed E-state index contributed by atoms with van der Waals surface area (Å²) >= 11 is 1.82. The van der Waals surface area contributed by atoms with Crippen molar-refractivity contribution >= 4 is 11.8 Å². The van der Waals surface area contributed by atoms with Crippen LogP contribution in [0.3, 0.4) is 0 Å². The smallest absolute Gasteiger partial charge is 0.121 e. The van der Waals surface area contributed by atoms with Crippen molar-refractivity contribution < 1.29 is 0 Å². The number of aromatic nitrogens is 2. The molecular weight excluding hydrogens is 156 g/mol. The van der Waals surface area contributed by atoms with E-state index in [-0.39, 0.29) is 0 Å². The van der Waals surface area contributed by atoms with Crippen LogP contribution in [0.1, 0.15) is 19.4 Å². The predicted octanol–water partition coefficient (Wildman–Crippen LogP) is 2.09. The van der Waals surface area contributed by atoms with Crippen LogP contribution < -0.4 is 0 Å². The molecule has 1 heterocycles. The summed E-state index contributed by atoms with van der Waals surface area (Å²) in [4.78, 5) is 0. The first-order chi connectivity index (χ1) is 5.27. The molecule has 0 saturated carbocycles. The molecule has 0 amide bonds. The third-order valence-electron chi connectivity index (χ3n) is 1.53. The molecule has 0 unspecified atom stereocenters. The summed E-state index contributed by atoms with van der Waals surface area (Å²) in [7, 11) is 1.97. The number of hydrogen-bond acceptors (Lipinski definition) is 2. The first-order valence-corrected chi connectivity index (χ1v) is 4.91. The summed E-state index contributed by atoms with van der Waals surface area (Å²) in [5.74, 6) is 1.10. The Morgan fingerprint density at radius 3 is 2.82 bits per heavy atom. The molecule has 0 aliphatic heterocycles.